The van der Waals surface area contributed by atoms with Crippen molar-refractivity contribution in [3.63, 3.8) is 0 Å². The molecule has 0 radical (unpaired) electrons. The zero-order valence-electron chi connectivity index (χ0n) is 13.1. The van der Waals surface area contributed by atoms with Crippen LogP contribution in [-0.2, 0) is 11.2 Å². The highest BCUT2D eigenvalue weighted by Crippen LogP contribution is 2.32. The number of amides is 1. The molecule has 5 nitrogen and oxygen atoms in total. The number of aromatic nitrogens is 2. The van der Waals surface area contributed by atoms with Gasteiger partial charge in [-0.2, -0.15) is 5.10 Å². The summed E-state index contributed by atoms with van der Waals surface area (Å²) in [5, 5.41) is 19.4. The topological polar surface area (TPSA) is 78.0 Å². The summed E-state index contributed by atoms with van der Waals surface area (Å²) in [6.45, 7) is 5.07. The molecule has 0 bridgehead atoms. The number of rotatable bonds is 7. The molecule has 1 amide bonds. The molecule has 0 saturated carbocycles. The molecule has 0 fully saturated rings. The fourth-order valence-corrected chi connectivity index (χ4v) is 3.31. The first-order valence-corrected chi connectivity index (χ1v) is 8.06. The largest absolute Gasteiger partial charge is 0.396 e. The van der Waals surface area contributed by atoms with E-state index in [1.54, 1.807) is 6.20 Å². The Morgan fingerprint density at radius 1 is 1.52 bits per heavy atom. The second-order valence-electron chi connectivity index (χ2n) is 6.15. The van der Waals surface area contributed by atoms with Crippen LogP contribution in [0, 0.1) is 5.41 Å². The van der Waals surface area contributed by atoms with Gasteiger partial charge in [0.15, 0.2) is 0 Å². The van der Waals surface area contributed by atoms with Gasteiger partial charge in [-0.15, -0.1) is 0 Å². The Bertz CT molecular complexity index is 466. The van der Waals surface area contributed by atoms with Gasteiger partial charge in [0.05, 0.1) is 12.1 Å². The van der Waals surface area contributed by atoms with Crippen molar-refractivity contribution < 1.29 is 9.90 Å². The van der Waals surface area contributed by atoms with Gasteiger partial charge in [0.25, 0.3) is 0 Å². The third-order valence-corrected chi connectivity index (χ3v) is 5.14. The molecule has 21 heavy (non-hydrogen) atoms. The molecule has 3 N–H and O–H groups in total. The maximum absolute atomic E-state index is 12.5. The summed E-state index contributed by atoms with van der Waals surface area (Å²) in [6, 6.07) is 0. The third-order valence-electron chi connectivity index (χ3n) is 5.14. The highest BCUT2D eigenvalue weighted by Gasteiger charge is 2.31. The monoisotopic (exact) mass is 293 g/mol. The van der Waals surface area contributed by atoms with Crippen molar-refractivity contribution in [2.45, 2.75) is 58.3 Å². The second kappa shape index (κ2) is 7.07. The third kappa shape index (κ3) is 3.46. The summed E-state index contributed by atoms with van der Waals surface area (Å²) in [5.41, 5.74) is 2.17. The molecule has 1 heterocycles. The van der Waals surface area contributed by atoms with E-state index in [1.807, 2.05) is 0 Å². The van der Waals surface area contributed by atoms with Gasteiger partial charge in [-0.3, -0.25) is 9.89 Å². The Morgan fingerprint density at radius 3 is 2.95 bits per heavy atom. The number of aryl methyl sites for hydroxylation is 1. The van der Waals surface area contributed by atoms with Crippen molar-refractivity contribution in [3.05, 3.63) is 17.5 Å². The van der Waals surface area contributed by atoms with Gasteiger partial charge in [-0.1, -0.05) is 13.8 Å². The lowest BCUT2D eigenvalue weighted by Crippen LogP contribution is -2.40. The number of aliphatic hydroxyl groups excluding tert-OH is 1. The highest BCUT2D eigenvalue weighted by molar-refractivity contribution is 5.84. The Hall–Kier alpha value is -1.36. The van der Waals surface area contributed by atoms with Gasteiger partial charge in [-0.05, 0) is 43.9 Å². The van der Waals surface area contributed by atoms with E-state index in [2.05, 4.69) is 29.4 Å². The number of aliphatic hydroxyl groups is 1. The van der Waals surface area contributed by atoms with Crippen LogP contribution in [0.5, 0.6) is 0 Å². The van der Waals surface area contributed by atoms with Crippen LogP contribution in [0.25, 0.3) is 0 Å². The molecule has 0 aliphatic heterocycles. The summed E-state index contributed by atoms with van der Waals surface area (Å²) >= 11 is 0. The van der Waals surface area contributed by atoms with Gasteiger partial charge in [0, 0.05) is 24.4 Å². The molecule has 2 rings (SSSR count). The average molecular weight is 293 g/mol. The zero-order valence-corrected chi connectivity index (χ0v) is 13.1. The van der Waals surface area contributed by atoms with Crippen LogP contribution in [-0.4, -0.2) is 34.4 Å². The fraction of sp³-hybridized carbons (Fsp3) is 0.750. The number of fused-ring (bicyclic) bond motifs is 1. The maximum Gasteiger partial charge on any atom is 0.227 e. The summed E-state index contributed by atoms with van der Waals surface area (Å²) < 4.78 is 0. The van der Waals surface area contributed by atoms with E-state index >= 15 is 0 Å². The number of hydrogen-bond donors (Lipinski definition) is 3. The van der Waals surface area contributed by atoms with Crippen LogP contribution >= 0.6 is 0 Å². The molecule has 5 heteroatoms. The van der Waals surface area contributed by atoms with Crippen molar-refractivity contribution in [1.29, 1.82) is 0 Å². The van der Waals surface area contributed by atoms with Crippen LogP contribution in [0.4, 0.5) is 0 Å². The van der Waals surface area contributed by atoms with Crippen LogP contribution in [0.1, 0.15) is 63.1 Å². The number of nitrogens with one attached hydrogen (secondary N) is 2. The Morgan fingerprint density at radius 2 is 2.29 bits per heavy atom. The fourth-order valence-electron chi connectivity index (χ4n) is 3.31. The minimum absolute atomic E-state index is 0.0122. The predicted octanol–water partition coefficient (Wildman–Crippen LogP) is 2.13. The summed E-state index contributed by atoms with van der Waals surface area (Å²) in [6.07, 6.45) is 7.36. The number of H-pyrrole nitrogens is 1. The molecule has 1 aromatic rings. The molecule has 1 unspecified atom stereocenters. The number of aromatic amines is 1. The van der Waals surface area contributed by atoms with E-state index in [4.69, 9.17) is 0 Å². The summed E-state index contributed by atoms with van der Waals surface area (Å²) in [5.74, 6) is 0.0228. The molecule has 1 aliphatic carbocycles. The lowest BCUT2D eigenvalue weighted by molar-refractivity contribution is -0.123. The zero-order chi connectivity index (χ0) is 15.3. The minimum Gasteiger partial charge on any atom is -0.396 e. The van der Waals surface area contributed by atoms with Gasteiger partial charge < -0.3 is 10.4 Å². The normalized spacial score (nSPS) is 18.3. The molecular weight excluding hydrogens is 266 g/mol. The molecule has 1 atom stereocenters. The van der Waals surface area contributed by atoms with E-state index in [1.165, 1.54) is 0 Å². The molecule has 0 saturated heterocycles. The Kier molecular flexibility index (Phi) is 5.39. The first kappa shape index (κ1) is 16.0. The highest BCUT2D eigenvalue weighted by atomic mass is 16.3. The smallest absolute Gasteiger partial charge is 0.227 e. The summed E-state index contributed by atoms with van der Waals surface area (Å²) in [4.78, 5) is 12.5. The molecule has 0 spiro atoms. The molecule has 1 aliphatic rings. The minimum atomic E-state index is -0.0759. The van der Waals surface area contributed by atoms with Crippen LogP contribution < -0.4 is 5.32 Å². The number of hydrogen-bond acceptors (Lipinski definition) is 3. The van der Waals surface area contributed by atoms with Crippen molar-refractivity contribution in [1.82, 2.24) is 15.5 Å². The van der Waals surface area contributed by atoms with E-state index in [9.17, 15) is 9.90 Å². The van der Waals surface area contributed by atoms with Crippen molar-refractivity contribution >= 4 is 5.91 Å². The first-order valence-electron chi connectivity index (χ1n) is 8.06. The Balaban J connectivity index is 1.99. The van der Waals surface area contributed by atoms with Gasteiger partial charge in [0.2, 0.25) is 5.91 Å². The van der Waals surface area contributed by atoms with Crippen molar-refractivity contribution in [3.8, 4) is 0 Å². The van der Waals surface area contributed by atoms with Crippen LogP contribution in [0.2, 0.25) is 0 Å². The second-order valence-corrected chi connectivity index (χ2v) is 6.15. The molecule has 1 aromatic heterocycles. The molecular formula is C16H27N3O2. The van der Waals surface area contributed by atoms with Gasteiger partial charge >= 0.3 is 0 Å². The van der Waals surface area contributed by atoms with Crippen molar-refractivity contribution in [2.24, 2.45) is 5.41 Å². The quantitative estimate of drug-likeness (QED) is 0.720. The average Bonchev–Trinajstić information content (AvgIpc) is 2.99. The predicted molar refractivity (Wildman–Crippen MR) is 82.0 cm³/mol. The van der Waals surface area contributed by atoms with E-state index in [0.29, 0.717) is 6.54 Å². The van der Waals surface area contributed by atoms with Crippen LogP contribution in [0.15, 0.2) is 6.20 Å². The van der Waals surface area contributed by atoms with Crippen molar-refractivity contribution in [2.75, 3.05) is 13.2 Å². The lowest BCUT2D eigenvalue weighted by atomic mass is 9.79. The van der Waals surface area contributed by atoms with Gasteiger partial charge in [-0.25, -0.2) is 0 Å². The number of nitrogens with zero attached hydrogens (tertiary/aromatic N) is 1. The number of carbonyl (C=O) groups excluding carboxylic acids is 1. The Labute approximate surface area is 126 Å². The number of carbonyl (C=O) groups is 1. The van der Waals surface area contributed by atoms with E-state index in [-0.39, 0.29) is 23.8 Å². The SMILES string of the molecule is CCC(CC)(CCO)CNC(=O)C1CCCc2[nH]ncc21. The standard InChI is InChI=1S/C16H27N3O2/c1-3-16(4-2,8-9-20)11-17-15(21)12-6-5-7-14-13(12)10-18-19-14/h10,12,20H,3-9,11H2,1-2H3,(H,17,21)(H,18,19). The van der Waals surface area contributed by atoms with Crippen LogP contribution in [0.3, 0.4) is 0 Å². The summed E-state index contributed by atoms with van der Waals surface area (Å²) in [7, 11) is 0. The molecule has 118 valence electrons. The van der Waals surface area contributed by atoms with E-state index < -0.39 is 0 Å². The van der Waals surface area contributed by atoms with Gasteiger partial charge in [0.1, 0.15) is 0 Å². The van der Waals surface area contributed by atoms with E-state index in [0.717, 1.165) is 49.8 Å². The maximum atomic E-state index is 12.5. The lowest BCUT2D eigenvalue weighted by Gasteiger charge is -2.32. The molecule has 0 aromatic carbocycles. The first-order chi connectivity index (χ1) is 10.2.